The molecule has 1 unspecified atom stereocenters. The van der Waals surface area contributed by atoms with Gasteiger partial charge < -0.3 is 10.6 Å². The third-order valence-electron chi connectivity index (χ3n) is 3.15. The van der Waals surface area contributed by atoms with E-state index in [1.807, 2.05) is 36.4 Å². The number of hydrogen-bond donors (Lipinski definition) is 2. The number of nitrogens with one attached hydrogen (secondary N) is 2. The van der Waals surface area contributed by atoms with Gasteiger partial charge in [-0.15, -0.1) is 0 Å². The summed E-state index contributed by atoms with van der Waals surface area (Å²) in [6.45, 7) is 0.621. The molecule has 1 atom stereocenters. The van der Waals surface area contributed by atoms with Crippen molar-refractivity contribution in [3.63, 3.8) is 0 Å². The van der Waals surface area contributed by atoms with E-state index in [9.17, 15) is 4.79 Å². The van der Waals surface area contributed by atoms with Crippen LogP contribution < -0.4 is 10.6 Å². The summed E-state index contributed by atoms with van der Waals surface area (Å²) in [5.41, 5.74) is 2.06. The molecule has 0 saturated heterocycles. The maximum absolute atomic E-state index is 12.3. The van der Waals surface area contributed by atoms with Gasteiger partial charge in [-0.3, -0.25) is 4.79 Å². The molecule has 19 heavy (non-hydrogen) atoms. The number of carbonyl (C=O) groups excluding carboxylic acids is 1. The quantitative estimate of drug-likeness (QED) is 0.895. The second kappa shape index (κ2) is 5.01. The Morgan fingerprint density at radius 3 is 3.00 bits per heavy atom. The number of halogens is 1. The number of aromatic nitrogens is 1. The fraction of sp³-hybridized carbons (Fsp3) is 0.143. The van der Waals surface area contributed by atoms with Crippen LogP contribution in [0.2, 0.25) is 0 Å². The number of para-hydroxylation sites is 1. The van der Waals surface area contributed by atoms with Crippen molar-refractivity contribution in [1.82, 2.24) is 4.98 Å². The molecular weight excluding hydrogens is 306 g/mol. The molecule has 5 heteroatoms. The van der Waals surface area contributed by atoms with Gasteiger partial charge in [0.05, 0.1) is 10.4 Å². The number of pyridine rings is 1. The Kier molecular flexibility index (Phi) is 3.21. The van der Waals surface area contributed by atoms with E-state index in [0.717, 1.165) is 15.7 Å². The van der Waals surface area contributed by atoms with Crippen LogP contribution in [0.3, 0.4) is 0 Å². The minimum absolute atomic E-state index is 0.0446. The summed E-state index contributed by atoms with van der Waals surface area (Å²) in [5, 5.41) is 6.09. The average molecular weight is 318 g/mol. The Morgan fingerprint density at radius 2 is 2.16 bits per heavy atom. The standard InChI is InChI=1S/C14H12BrN3O/c15-11-5-3-7-16-13(11)18-14(19)10-8-17-12-6-2-1-4-9(10)12/h1-7,10,17H,8H2,(H,16,18,19). The molecule has 0 aliphatic carbocycles. The molecule has 1 aromatic heterocycles. The summed E-state index contributed by atoms with van der Waals surface area (Å²) in [4.78, 5) is 16.5. The predicted molar refractivity (Wildman–Crippen MR) is 78.2 cm³/mol. The summed E-state index contributed by atoms with van der Waals surface area (Å²) in [5.74, 6) is 0.332. The van der Waals surface area contributed by atoms with Gasteiger partial charge in [0.2, 0.25) is 5.91 Å². The van der Waals surface area contributed by atoms with Crippen molar-refractivity contribution in [2.45, 2.75) is 5.92 Å². The Balaban J connectivity index is 1.81. The minimum atomic E-state index is -0.176. The summed E-state index contributed by atoms with van der Waals surface area (Å²) in [6.07, 6.45) is 1.65. The van der Waals surface area contributed by atoms with Crippen molar-refractivity contribution in [3.05, 3.63) is 52.6 Å². The molecule has 1 aliphatic rings. The topological polar surface area (TPSA) is 54.0 Å². The van der Waals surface area contributed by atoms with Crippen molar-refractivity contribution in [2.24, 2.45) is 0 Å². The molecule has 1 aliphatic heterocycles. The monoisotopic (exact) mass is 317 g/mol. The van der Waals surface area contributed by atoms with Crippen LogP contribution in [0.15, 0.2) is 47.1 Å². The number of anilines is 2. The van der Waals surface area contributed by atoms with Crippen molar-refractivity contribution < 1.29 is 4.79 Å². The molecule has 96 valence electrons. The van der Waals surface area contributed by atoms with Crippen LogP contribution in [0.1, 0.15) is 11.5 Å². The van der Waals surface area contributed by atoms with Crippen LogP contribution in [0.4, 0.5) is 11.5 Å². The van der Waals surface area contributed by atoms with Crippen molar-refractivity contribution >= 4 is 33.3 Å². The molecule has 1 amide bonds. The van der Waals surface area contributed by atoms with Gasteiger partial charge in [0.15, 0.2) is 0 Å². The molecule has 0 bridgehead atoms. The van der Waals surface area contributed by atoms with Gasteiger partial charge in [0, 0.05) is 18.4 Å². The number of fused-ring (bicyclic) bond motifs is 1. The van der Waals surface area contributed by atoms with Gasteiger partial charge in [0.1, 0.15) is 5.82 Å². The number of amides is 1. The van der Waals surface area contributed by atoms with Crippen molar-refractivity contribution in [1.29, 1.82) is 0 Å². The Labute approximate surface area is 119 Å². The summed E-state index contributed by atoms with van der Waals surface area (Å²) in [6, 6.07) is 11.5. The normalized spacial score (nSPS) is 16.6. The first-order chi connectivity index (χ1) is 9.25. The first-order valence-electron chi connectivity index (χ1n) is 6.00. The van der Waals surface area contributed by atoms with Gasteiger partial charge in [-0.25, -0.2) is 4.98 Å². The second-order valence-electron chi connectivity index (χ2n) is 4.34. The highest BCUT2D eigenvalue weighted by Gasteiger charge is 2.28. The molecule has 2 aromatic rings. The first-order valence-corrected chi connectivity index (χ1v) is 6.79. The number of rotatable bonds is 2. The van der Waals surface area contributed by atoms with E-state index in [2.05, 4.69) is 31.5 Å². The Morgan fingerprint density at radius 1 is 1.32 bits per heavy atom. The molecule has 4 nitrogen and oxygen atoms in total. The smallest absolute Gasteiger partial charge is 0.234 e. The highest BCUT2D eigenvalue weighted by Crippen LogP contribution is 2.32. The summed E-state index contributed by atoms with van der Waals surface area (Å²) < 4.78 is 0.780. The lowest BCUT2D eigenvalue weighted by atomic mass is 10.0. The van der Waals surface area contributed by atoms with Gasteiger partial charge in [0.25, 0.3) is 0 Å². The SMILES string of the molecule is O=C(Nc1ncccc1Br)C1CNc2ccccc21. The number of nitrogens with zero attached hydrogens (tertiary/aromatic N) is 1. The second-order valence-corrected chi connectivity index (χ2v) is 5.20. The minimum Gasteiger partial charge on any atom is -0.384 e. The largest absolute Gasteiger partial charge is 0.384 e. The van der Waals surface area contributed by atoms with E-state index >= 15 is 0 Å². The van der Waals surface area contributed by atoms with Gasteiger partial charge >= 0.3 is 0 Å². The molecule has 3 rings (SSSR count). The van der Waals surface area contributed by atoms with Crippen molar-refractivity contribution in [3.8, 4) is 0 Å². The van der Waals surface area contributed by atoms with Gasteiger partial charge in [-0.1, -0.05) is 18.2 Å². The molecule has 0 spiro atoms. The van der Waals surface area contributed by atoms with Crippen LogP contribution in [0.5, 0.6) is 0 Å². The molecule has 2 N–H and O–H groups in total. The lowest BCUT2D eigenvalue weighted by molar-refractivity contribution is -0.117. The van der Waals surface area contributed by atoms with Gasteiger partial charge in [-0.2, -0.15) is 0 Å². The third-order valence-corrected chi connectivity index (χ3v) is 3.79. The third kappa shape index (κ3) is 2.33. The lowest BCUT2D eigenvalue weighted by Crippen LogP contribution is -2.23. The lowest BCUT2D eigenvalue weighted by Gasteiger charge is -2.11. The number of hydrogen-bond acceptors (Lipinski definition) is 3. The molecule has 1 aromatic carbocycles. The Hall–Kier alpha value is -1.88. The van der Waals surface area contributed by atoms with E-state index in [-0.39, 0.29) is 11.8 Å². The Bertz CT molecular complexity index is 630. The number of benzene rings is 1. The fourth-order valence-corrected chi connectivity index (χ4v) is 2.55. The van der Waals surface area contributed by atoms with E-state index in [1.54, 1.807) is 6.20 Å². The van der Waals surface area contributed by atoms with E-state index in [4.69, 9.17) is 0 Å². The van der Waals surface area contributed by atoms with Crippen LogP contribution in [0, 0.1) is 0 Å². The van der Waals surface area contributed by atoms with Crippen LogP contribution in [-0.4, -0.2) is 17.4 Å². The highest BCUT2D eigenvalue weighted by atomic mass is 79.9. The first kappa shape index (κ1) is 12.2. The zero-order chi connectivity index (χ0) is 13.2. The van der Waals surface area contributed by atoms with E-state index in [0.29, 0.717) is 12.4 Å². The molecule has 0 radical (unpaired) electrons. The van der Waals surface area contributed by atoms with Crippen LogP contribution in [-0.2, 0) is 4.79 Å². The predicted octanol–water partition coefficient (Wildman–Crippen LogP) is 2.99. The zero-order valence-corrected chi connectivity index (χ0v) is 11.6. The maximum Gasteiger partial charge on any atom is 0.234 e. The summed E-state index contributed by atoms with van der Waals surface area (Å²) in [7, 11) is 0. The average Bonchev–Trinajstić information content (AvgIpc) is 2.85. The summed E-state index contributed by atoms with van der Waals surface area (Å²) >= 11 is 3.37. The maximum atomic E-state index is 12.3. The number of carbonyl (C=O) groups is 1. The van der Waals surface area contributed by atoms with E-state index < -0.39 is 0 Å². The van der Waals surface area contributed by atoms with Crippen LogP contribution >= 0.6 is 15.9 Å². The zero-order valence-electron chi connectivity index (χ0n) is 10.1. The van der Waals surface area contributed by atoms with Crippen LogP contribution in [0.25, 0.3) is 0 Å². The molecular formula is C14H12BrN3O. The molecule has 2 heterocycles. The molecule has 0 fully saturated rings. The van der Waals surface area contributed by atoms with Crippen molar-refractivity contribution in [2.75, 3.05) is 17.2 Å². The van der Waals surface area contributed by atoms with Gasteiger partial charge in [-0.05, 0) is 39.7 Å². The van der Waals surface area contributed by atoms with E-state index in [1.165, 1.54) is 0 Å². The molecule has 0 saturated carbocycles. The highest BCUT2D eigenvalue weighted by molar-refractivity contribution is 9.10. The fourth-order valence-electron chi connectivity index (χ4n) is 2.20.